The molecule has 0 unspecified atom stereocenters. The molecular weight excluding hydrogens is 216 g/mol. The number of aromatic nitrogens is 1. The average Bonchev–Trinajstić information content (AvgIpc) is 2.34. The summed E-state index contributed by atoms with van der Waals surface area (Å²) in [7, 11) is 0. The number of aryl methyl sites for hydroxylation is 1. The van der Waals surface area contributed by atoms with Gasteiger partial charge in [-0.1, -0.05) is 25.8 Å². The lowest BCUT2D eigenvalue weighted by Crippen LogP contribution is -2.40. The summed E-state index contributed by atoms with van der Waals surface area (Å²) in [6, 6.07) is 5.20. The van der Waals surface area contributed by atoms with E-state index in [-0.39, 0.29) is 0 Å². The number of amides is 1. The second-order valence-corrected chi connectivity index (χ2v) is 4.18. The maximum atomic E-state index is 11.8. The molecule has 0 saturated heterocycles. The number of rotatable bonds is 7. The van der Waals surface area contributed by atoms with Gasteiger partial charge in [0.2, 0.25) is 0 Å². The first-order valence-electron chi connectivity index (χ1n) is 6.11. The van der Waals surface area contributed by atoms with Crippen LogP contribution in [0.3, 0.4) is 0 Å². The number of carbonyl (C=O) groups excluding carboxylic acids is 1. The zero-order chi connectivity index (χ0) is 12.7. The SMILES string of the molecule is CCCCCCN(C=O)c1cccc(C)[n+]1[O-]. The van der Waals surface area contributed by atoms with Crippen molar-refractivity contribution in [3.8, 4) is 0 Å². The van der Waals surface area contributed by atoms with E-state index in [0.29, 0.717) is 18.1 Å². The smallest absolute Gasteiger partial charge is 0.297 e. The van der Waals surface area contributed by atoms with Gasteiger partial charge in [-0.3, -0.25) is 4.79 Å². The van der Waals surface area contributed by atoms with Crippen molar-refractivity contribution in [1.82, 2.24) is 0 Å². The van der Waals surface area contributed by atoms with Crippen molar-refractivity contribution < 1.29 is 9.52 Å². The van der Waals surface area contributed by atoms with Gasteiger partial charge in [-0.05, 0) is 25.8 Å². The van der Waals surface area contributed by atoms with Crippen LogP contribution in [-0.4, -0.2) is 13.0 Å². The fraction of sp³-hybridized carbons (Fsp3) is 0.538. The standard InChI is InChI=1S/C13H20N2O2/c1-3-4-5-6-10-14(11-16)13-9-7-8-12(2)15(13)17/h7-9,11H,3-6,10H2,1-2H3. The minimum Gasteiger partial charge on any atom is -0.710 e. The summed E-state index contributed by atoms with van der Waals surface area (Å²) in [5.41, 5.74) is 0.600. The van der Waals surface area contributed by atoms with Gasteiger partial charge in [-0.25, -0.2) is 4.73 Å². The van der Waals surface area contributed by atoms with Crippen molar-refractivity contribution in [2.45, 2.75) is 39.5 Å². The maximum Gasteiger partial charge on any atom is 0.297 e. The van der Waals surface area contributed by atoms with Gasteiger partial charge in [-0.15, -0.1) is 0 Å². The molecule has 1 heterocycles. The predicted molar refractivity (Wildman–Crippen MR) is 67.7 cm³/mol. The number of unbranched alkanes of at least 4 members (excludes halogenated alkanes) is 3. The summed E-state index contributed by atoms with van der Waals surface area (Å²) in [5, 5.41) is 11.8. The lowest BCUT2D eigenvalue weighted by Gasteiger charge is -2.16. The average molecular weight is 236 g/mol. The van der Waals surface area contributed by atoms with Crippen LogP contribution in [0.25, 0.3) is 0 Å². The van der Waals surface area contributed by atoms with Gasteiger partial charge in [0.25, 0.3) is 12.2 Å². The molecular formula is C13H20N2O2. The van der Waals surface area contributed by atoms with E-state index in [9.17, 15) is 10.0 Å². The van der Waals surface area contributed by atoms with Gasteiger partial charge in [0.15, 0.2) is 0 Å². The van der Waals surface area contributed by atoms with Crippen molar-refractivity contribution >= 4 is 12.2 Å². The summed E-state index contributed by atoms with van der Waals surface area (Å²) in [5.74, 6) is 0.413. The highest BCUT2D eigenvalue weighted by Crippen LogP contribution is 2.09. The first kappa shape index (κ1) is 13.5. The van der Waals surface area contributed by atoms with Gasteiger partial charge in [0.05, 0.1) is 6.54 Å². The number of anilines is 1. The monoisotopic (exact) mass is 236 g/mol. The highest BCUT2D eigenvalue weighted by Gasteiger charge is 2.15. The predicted octanol–water partition coefficient (Wildman–Crippen LogP) is 2.17. The topological polar surface area (TPSA) is 47.2 Å². The Morgan fingerprint density at radius 3 is 2.76 bits per heavy atom. The molecule has 0 aliphatic rings. The van der Waals surface area contributed by atoms with Crippen LogP contribution in [0.1, 0.15) is 38.3 Å². The Morgan fingerprint density at radius 1 is 1.35 bits per heavy atom. The van der Waals surface area contributed by atoms with Crippen LogP contribution in [0.4, 0.5) is 5.82 Å². The summed E-state index contributed by atoms with van der Waals surface area (Å²) in [6.45, 7) is 4.48. The van der Waals surface area contributed by atoms with Crippen molar-refractivity contribution in [3.05, 3.63) is 29.1 Å². The number of carbonyl (C=O) groups is 1. The van der Waals surface area contributed by atoms with Crippen LogP contribution in [0.2, 0.25) is 0 Å². The van der Waals surface area contributed by atoms with E-state index in [2.05, 4.69) is 6.92 Å². The minimum absolute atomic E-state index is 0.413. The van der Waals surface area contributed by atoms with Gasteiger partial charge in [0, 0.05) is 6.07 Å². The van der Waals surface area contributed by atoms with E-state index < -0.39 is 0 Å². The number of hydrogen-bond donors (Lipinski definition) is 0. The van der Waals surface area contributed by atoms with E-state index in [1.165, 1.54) is 4.90 Å². The van der Waals surface area contributed by atoms with Crippen molar-refractivity contribution in [2.75, 3.05) is 11.4 Å². The third-order valence-electron chi connectivity index (χ3n) is 2.79. The molecule has 1 amide bonds. The first-order chi connectivity index (χ1) is 8.20. The van der Waals surface area contributed by atoms with Gasteiger partial charge in [0.1, 0.15) is 5.69 Å². The van der Waals surface area contributed by atoms with Crippen LogP contribution in [0.15, 0.2) is 18.2 Å². The fourth-order valence-corrected chi connectivity index (χ4v) is 1.73. The Kier molecular flexibility index (Phi) is 5.46. The molecule has 0 saturated carbocycles. The van der Waals surface area contributed by atoms with Gasteiger partial charge in [-0.2, -0.15) is 4.90 Å². The molecule has 1 rings (SSSR count). The summed E-state index contributed by atoms with van der Waals surface area (Å²) >= 11 is 0. The molecule has 1 aromatic heterocycles. The molecule has 0 aromatic carbocycles. The minimum atomic E-state index is 0.413. The first-order valence-corrected chi connectivity index (χ1v) is 6.11. The largest absolute Gasteiger partial charge is 0.710 e. The number of nitrogens with zero attached hydrogens (tertiary/aromatic N) is 2. The molecule has 1 aromatic rings. The van der Waals surface area contributed by atoms with E-state index in [0.717, 1.165) is 36.8 Å². The van der Waals surface area contributed by atoms with Crippen LogP contribution < -0.4 is 9.63 Å². The zero-order valence-electron chi connectivity index (χ0n) is 10.6. The van der Waals surface area contributed by atoms with E-state index >= 15 is 0 Å². The Labute approximate surface area is 102 Å². The van der Waals surface area contributed by atoms with Crippen LogP contribution in [0, 0.1) is 12.1 Å². The van der Waals surface area contributed by atoms with E-state index in [1.807, 2.05) is 0 Å². The second kappa shape index (κ2) is 6.89. The summed E-state index contributed by atoms with van der Waals surface area (Å²) in [4.78, 5) is 12.5. The van der Waals surface area contributed by atoms with Gasteiger partial charge < -0.3 is 5.21 Å². The Bertz CT molecular complexity index is 366. The molecule has 0 N–H and O–H groups in total. The zero-order valence-corrected chi connectivity index (χ0v) is 10.6. The second-order valence-electron chi connectivity index (χ2n) is 4.18. The van der Waals surface area contributed by atoms with Crippen molar-refractivity contribution in [3.63, 3.8) is 0 Å². The highest BCUT2D eigenvalue weighted by molar-refractivity contribution is 5.71. The molecule has 4 nitrogen and oxygen atoms in total. The quantitative estimate of drug-likeness (QED) is 0.315. The number of hydrogen-bond acceptors (Lipinski definition) is 2. The Morgan fingerprint density at radius 2 is 2.12 bits per heavy atom. The van der Waals surface area contributed by atoms with Crippen molar-refractivity contribution in [2.24, 2.45) is 0 Å². The molecule has 0 spiro atoms. The highest BCUT2D eigenvalue weighted by atomic mass is 16.5. The fourth-order valence-electron chi connectivity index (χ4n) is 1.73. The molecule has 0 fully saturated rings. The third-order valence-corrected chi connectivity index (χ3v) is 2.79. The van der Waals surface area contributed by atoms with Crippen molar-refractivity contribution in [1.29, 1.82) is 0 Å². The summed E-state index contributed by atoms with van der Waals surface area (Å²) in [6.07, 6.45) is 5.08. The van der Waals surface area contributed by atoms with Crippen LogP contribution in [-0.2, 0) is 4.79 Å². The van der Waals surface area contributed by atoms with Gasteiger partial charge >= 0.3 is 0 Å². The molecule has 0 aliphatic carbocycles. The van der Waals surface area contributed by atoms with Crippen LogP contribution in [0.5, 0.6) is 0 Å². The third kappa shape index (κ3) is 3.73. The molecule has 0 aliphatic heterocycles. The van der Waals surface area contributed by atoms with E-state index in [4.69, 9.17) is 0 Å². The molecule has 0 radical (unpaired) electrons. The summed E-state index contributed by atoms with van der Waals surface area (Å²) < 4.78 is 0.800. The molecule has 94 valence electrons. The Hall–Kier alpha value is -1.58. The lowest BCUT2D eigenvalue weighted by atomic mass is 10.2. The Balaban J connectivity index is 2.66. The molecule has 0 bridgehead atoms. The maximum absolute atomic E-state index is 11.8. The molecule has 17 heavy (non-hydrogen) atoms. The molecule has 0 atom stereocenters. The molecule has 4 heteroatoms. The van der Waals surface area contributed by atoms with Crippen LogP contribution >= 0.6 is 0 Å². The normalized spacial score (nSPS) is 10.2. The lowest BCUT2D eigenvalue weighted by molar-refractivity contribution is -0.598. The number of pyridine rings is 1. The van der Waals surface area contributed by atoms with E-state index in [1.54, 1.807) is 25.1 Å².